The van der Waals surface area contributed by atoms with Gasteiger partial charge in [0.2, 0.25) is 5.91 Å². The molecule has 13 heteroatoms. The third-order valence-electron chi connectivity index (χ3n) is 4.71. The van der Waals surface area contributed by atoms with Crippen molar-refractivity contribution in [2.45, 2.75) is 31.5 Å². The standard InChI is InChI=1S/C20H15ClF3N5O4/c21-17-18(11-3-4-11)28(27-19(17)20(22,23)24)10-16(30)26-12-6-13(29(31)32)8-15(7-12)33-14-2-1-5-25-9-14/h1-2,5-9,11H,3-4,10H2,(H,26,30). The average molecular weight is 482 g/mol. The van der Waals surface area contributed by atoms with Crippen molar-refractivity contribution in [3.05, 3.63) is 69.3 Å². The Morgan fingerprint density at radius 3 is 2.67 bits per heavy atom. The van der Waals surface area contributed by atoms with Crippen LogP contribution in [0.3, 0.4) is 0 Å². The van der Waals surface area contributed by atoms with E-state index in [4.69, 9.17) is 16.3 Å². The van der Waals surface area contributed by atoms with E-state index in [0.717, 1.165) is 16.8 Å². The fraction of sp³-hybridized carbons (Fsp3) is 0.250. The van der Waals surface area contributed by atoms with Gasteiger partial charge in [0, 0.05) is 24.2 Å². The third-order valence-corrected chi connectivity index (χ3v) is 5.09. The molecule has 3 aromatic rings. The van der Waals surface area contributed by atoms with Crippen LogP contribution in [0, 0.1) is 10.1 Å². The van der Waals surface area contributed by atoms with E-state index < -0.39 is 34.3 Å². The average Bonchev–Trinajstić information content (AvgIpc) is 3.51. The fourth-order valence-electron chi connectivity index (χ4n) is 3.20. The zero-order chi connectivity index (χ0) is 23.8. The third kappa shape index (κ3) is 5.22. The molecule has 2 aromatic heterocycles. The van der Waals surface area contributed by atoms with Crippen molar-refractivity contribution in [3.63, 3.8) is 0 Å². The minimum atomic E-state index is -4.76. The maximum absolute atomic E-state index is 13.2. The van der Waals surface area contributed by atoms with Crippen LogP contribution in [0.5, 0.6) is 11.5 Å². The van der Waals surface area contributed by atoms with Gasteiger partial charge in [-0.1, -0.05) is 11.6 Å². The highest BCUT2D eigenvalue weighted by Gasteiger charge is 2.42. The summed E-state index contributed by atoms with van der Waals surface area (Å²) in [6.45, 7) is -0.552. The van der Waals surface area contributed by atoms with Gasteiger partial charge in [-0.25, -0.2) is 0 Å². The number of carbonyl (C=O) groups is 1. The Balaban J connectivity index is 1.57. The van der Waals surface area contributed by atoms with Crippen molar-refractivity contribution in [2.24, 2.45) is 0 Å². The molecule has 0 atom stereocenters. The van der Waals surface area contributed by atoms with Crippen molar-refractivity contribution in [2.75, 3.05) is 5.32 Å². The van der Waals surface area contributed by atoms with Crippen molar-refractivity contribution >= 4 is 28.9 Å². The van der Waals surface area contributed by atoms with E-state index in [1.54, 1.807) is 12.1 Å². The van der Waals surface area contributed by atoms with Gasteiger partial charge in [-0.2, -0.15) is 18.3 Å². The SMILES string of the molecule is O=C(Cn1nc(C(F)(F)F)c(Cl)c1C1CC1)Nc1cc(Oc2cccnc2)cc([N+](=O)[O-])c1. The summed E-state index contributed by atoms with van der Waals surface area (Å²) in [6.07, 6.45) is -0.556. The van der Waals surface area contributed by atoms with E-state index in [1.165, 1.54) is 18.5 Å². The molecule has 1 aliphatic carbocycles. The predicted octanol–water partition coefficient (Wildman–Crippen LogP) is 5.17. The molecule has 33 heavy (non-hydrogen) atoms. The second-order valence-electron chi connectivity index (χ2n) is 7.29. The first-order valence-electron chi connectivity index (χ1n) is 9.62. The normalized spacial score (nSPS) is 13.6. The minimum Gasteiger partial charge on any atom is -0.455 e. The Hall–Kier alpha value is -3.67. The van der Waals surface area contributed by atoms with E-state index in [9.17, 15) is 28.1 Å². The minimum absolute atomic E-state index is 0.0235. The summed E-state index contributed by atoms with van der Waals surface area (Å²) < 4.78 is 46.1. The first-order chi connectivity index (χ1) is 15.6. The molecule has 1 aliphatic rings. The number of carbonyl (C=O) groups excluding carboxylic acids is 1. The number of pyridine rings is 1. The van der Waals surface area contributed by atoms with Gasteiger partial charge in [-0.15, -0.1) is 0 Å². The number of nitro groups is 1. The molecule has 1 aromatic carbocycles. The zero-order valence-corrected chi connectivity index (χ0v) is 17.4. The van der Waals surface area contributed by atoms with Gasteiger partial charge < -0.3 is 10.1 Å². The second kappa shape index (κ2) is 8.70. The molecule has 2 heterocycles. The molecule has 0 unspecified atom stereocenters. The molecule has 0 radical (unpaired) electrons. The van der Waals surface area contributed by atoms with Crippen molar-refractivity contribution in [3.8, 4) is 11.5 Å². The number of rotatable bonds is 7. The molecule has 0 spiro atoms. The molecule has 1 amide bonds. The molecule has 0 saturated heterocycles. The molecule has 1 N–H and O–H groups in total. The summed E-state index contributed by atoms with van der Waals surface area (Å²) in [5.74, 6) is -0.563. The Morgan fingerprint density at radius 1 is 1.30 bits per heavy atom. The van der Waals surface area contributed by atoms with Gasteiger partial charge >= 0.3 is 6.18 Å². The summed E-state index contributed by atoms with van der Waals surface area (Å²) in [6, 6.07) is 6.81. The maximum atomic E-state index is 13.2. The number of amides is 1. The number of ether oxygens (including phenoxy) is 1. The lowest BCUT2D eigenvalue weighted by atomic mass is 10.2. The zero-order valence-electron chi connectivity index (χ0n) is 16.7. The lowest BCUT2D eigenvalue weighted by molar-refractivity contribution is -0.384. The number of hydrogen-bond acceptors (Lipinski definition) is 6. The summed E-state index contributed by atoms with van der Waals surface area (Å²) in [5, 5.41) is 16.7. The second-order valence-corrected chi connectivity index (χ2v) is 7.67. The van der Waals surface area contributed by atoms with E-state index in [-0.39, 0.29) is 28.7 Å². The summed E-state index contributed by atoms with van der Waals surface area (Å²) in [4.78, 5) is 27.1. The fourth-order valence-corrected chi connectivity index (χ4v) is 3.60. The maximum Gasteiger partial charge on any atom is 0.436 e. The first kappa shape index (κ1) is 22.5. The van der Waals surface area contributed by atoms with Crippen molar-refractivity contribution < 1.29 is 27.6 Å². The van der Waals surface area contributed by atoms with Crippen molar-refractivity contribution in [1.29, 1.82) is 0 Å². The van der Waals surface area contributed by atoms with Crippen LogP contribution >= 0.6 is 11.6 Å². The van der Waals surface area contributed by atoms with Gasteiger partial charge in [-0.05, 0) is 25.0 Å². The van der Waals surface area contributed by atoms with Gasteiger partial charge in [0.05, 0.1) is 33.6 Å². The first-order valence-corrected chi connectivity index (χ1v) is 10.00. The highest BCUT2D eigenvalue weighted by atomic mass is 35.5. The van der Waals surface area contributed by atoms with Crippen LogP contribution in [0.4, 0.5) is 24.5 Å². The topological polar surface area (TPSA) is 112 Å². The summed E-state index contributed by atoms with van der Waals surface area (Å²) in [7, 11) is 0. The van der Waals surface area contributed by atoms with Crippen LogP contribution in [0.1, 0.15) is 30.1 Å². The molecule has 9 nitrogen and oxygen atoms in total. The Kier molecular flexibility index (Phi) is 5.93. The molecule has 4 rings (SSSR count). The van der Waals surface area contributed by atoms with Gasteiger partial charge in [0.25, 0.3) is 5.69 Å². The highest BCUT2D eigenvalue weighted by molar-refractivity contribution is 6.32. The van der Waals surface area contributed by atoms with E-state index in [1.807, 2.05) is 0 Å². The number of nitrogens with zero attached hydrogens (tertiary/aromatic N) is 4. The number of anilines is 1. The van der Waals surface area contributed by atoms with Crippen molar-refractivity contribution in [1.82, 2.24) is 14.8 Å². The Labute approximate surface area is 189 Å². The van der Waals surface area contributed by atoms with Crippen LogP contribution in [0.25, 0.3) is 0 Å². The van der Waals surface area contributed by atoms with Crippen LogP contribution in [0.15, 0.2) is 42.7 Å². The number of nitro benzene ring substituents is 1. The number of aromatic nitrogens is 3. The van der Waals surface area contributed by atoms with Gasteiger partial charge in [0.15, 0.2) is 5.69 Å². The number of alkyl halides is 3. The number of hydrogen-bond donors (Lipinski definition) is 1. The van der Waals surface area contributed by atoms with Crippen LogP contribution in [0.2, 0.25) is 5.02 Å². The Bertz CT molecular complexity index is 1210. The molecule has 172 valence electrons. The number of halogens is 4. The number of non-ortho nitro benzene ring substituents is 1. The molecule has 1 saturated carbocycles. The molecular weight excluding hydrogens is 467 g/mol. The van der Waals surface area contributed by atoms with E-state index in [2.05, 4.69) is 15.4 Å². The highest BCUT2D eigenvalue weighted by Crippen LogP contribution is 2.46. The van der Waals surface area contributed by atoms with Crippen LogP contribution in [-0.4, -0.2) is 25.6 Å². The van der Waals surface area contributed by atoms with E-state index in [0.29, 0.717) is 18.6 Å². The monoisotopic (exact) mass is 481 g/mol. The van der Waals surface area contributed by atoms with Crippen LogP contribution in [-0.2, 0) is 17.5 Å². The van der Waals surface area contributed by atoms with Gasteiger partial charge in [0.1, 0.15) is 18.0 Å². The lowest BCUT2D eigenvalue weighted by Crippen LogP contribution is -2.21. The number of benzene rings is 1. The smallest absolute Gasteiger partial charge is 0.436 e. The quantitative estimate of drug-likeness (QED) is 0.368. The summed E-state index contributed by atoms with van der Waals surface area (Å²) >= 11 is 5.91. The predicted molar refractivity (Wildman–Crippen MR) is 110 cm³/mol. The Morgan fingerprint density at radius 2 is 2.06 bits per heavy atom. The molecular formula is C20H15ClF3N5O4. The number of nitrogens with one attached hydrogen (secondary N) is 1. The largest absolute Gasteiger partial charge is 0.455 e. The van der Waals surface area contributed by atoms with Gasteiger partial charge in [-0.3, -0.25) is 24.6 Å². The molecule has 0 bridgehead atoms. The van der Waals surface area contributed by atoms with E-state index >= 15 is 0 Å². The molecule has 1 fully saturated rings. The van der Waals surface area contributed by atoms with Crippen LogP contribution < -0.4 is 10.1 Å². The summed E-state index contributed by atoms with van der Waals surface area (Å²) in [5.41, 5.74) is -1.43. The lowest BCUT2D eigenvalue weighted by Gasteiger charge is -2.10. The molecule has 0 aliphatic heterocycles.